The van der Waals surface area contributed by atoms with Gasteiger partial charge in [0.25, 0.3) is 0 Å². The molecule has 3 nitrogen and oxygen atoms in total. The summed E-state index contributed by atoms with van der Waals surface area (Å²) in [6, 6.07) is 4.13. The molecule has 18 heavy (non-hydrogen) atoms. The van der Waals surface area contributed by atoms with Crippen LogP contribution in [0.5, 0.6) is 0 Å². The Morgan fingerprint density at radius 1 is 1.39 bits per heavy atom. The summed E-state index contributed by atoms with van der Waals surface area (Å²) in [5.41, 5.74) is 9.12. The van der Waals surface area contributed by atoms with Crippen LogP contribution in [0.3, 0.4) is 0 Å². The minimum Gasteiger partial charge on any atom is -0.396 e. The summed E-state index contributed by atoms with van der Waals surface area (Å²) in [4.78, 5) is 0. The quantitative estimate of drug-likeness (QED) is 0.874. The van der Waals surface area contributed by atoms with Gasteiger partial charge < -0.3 is 15.4 Å². The summed E-state index contributed by atoms with van der Waals surface area (Å²) < 4.78 is 2.15. The first-order valence-electron chi connectivity index (χ1n) is 6.26. The fourth-order valence-electron chi connectivity index (χ4n) is 2.27. The lowest BCUT2D eigenvalue weighted by atomic mass is 10.1. The van der Waals surface area contributed by atoms with Gasteiger partial charge in [0.1, 0.15) is 0 Å². The van der Waals surface area contributed by atoms with E-state index in [1.54, 1.807) is 0 Å². The first-order valence-corrected chi connectivity index (χ1v) is 6.64. The van der Waals surface area contributed by atoms with Crippen LogP contribution in [0.15, 0.2) is 18.3 Å². The number of hydrogen-bond acceptors (Lipinski definition) is 2. The van der Waals surface area contributed by atoms with Crippen LogP contribution >= 0.6 is 11.6 Å². The monoisotopic (exact) mass is 266 g/mol. The lowest BCUT2D eigenvalue weighted by molar-refractivity contribution is 0.280. The molecular formula is C14H19ClN2O. The molecule has 4 heteroatoms. The van der Waals surface area contributed by atoms with Crippen LogP contribution in [0.25, 0.3) is 10.9 Å². The van der Waals surface area contributed by atoms with Crippen molar-refractivity contribution in [2.75, 3.05) is 13.2 Å². The molecule has 0 aliphatic carbocycles. The minimum atomic E-state index is 0.200. The molecule has 0 spiro atoms. The molecule has 1 aromatic heterocycles. The molecule has 0 aliphatic heterocycles. The average Bonchev–Trinajstić information content (AvgIpc) is 2.66. The van der Waals surface area contributed by atoms with Gasteiger partial charge in [-0.3, -0.25) is 0 Å². The van der Waals surface area contributed by atoms with Crippen LogP contribution in [-0.4, -0.2) is 22.8 Å². The van der Waals surface area contributed by atoms with Crippen molar-refractivity contribution in [3.05, 3.63) is 34.5 Å². The van der Waals surface area contributed by atoms with Crippen LogP contribution in [-0.2, 0) is 13.0 Å². The van der Waals surface area contributed by atoms with Gasteiger partial charge in [-0.15, -0.1) is 0 Å². The smallest absolute Gasteiger partial charge is 0.0498 e. The number of aromatic nitrogens is 1. The lowest BCUT2D eigenvalue weighted by Gasteiger charge is -2.05. The second-order valence-electron chi connectivity index (χ2n) is 4.58. The van der Waals surface area contributed by atoms with E-state index in [4.69, 9.17) is 22.4 Å². The molecular weight excluding hydrogens is 248 g/mol. The maximum Gasteiger partial charge on any atom is 0.0498 e. The largest absolute Gasteiger partial charge is 0.396 e. The third kappa shape index (κ3) is 2.53. The topological polar surface area (TPSA) is 51.2 Å². The zero-order valence-electron chi connectivity index (χ0n) is 10.6. The van der Waals surface area contributed by atoms with E-state index < -0.39 is 0 Å². The fourth-order valence-corrected chi connectivity index (χ4v) is 2.43. The Kier molecular flexibility index (Phi) is 4.27. The van der Waals surface area contributed by atoms with Crippen LogP contribution in [0, 0.1) is 6.92 Å². The lowest BCUT2D eigenvalue weighted by Crippen LogP contribution is -2.02. The molecule has 0 saturated heterocycles. The number of rotatable bonds is 5. The summed E-state index contributed by atoms with van der Waals surface area (Å²) in [7, 11) is 0. The van der Waals surface area contributed by atoms with Crippen LogP contribution in [0.2, 0.25) is 5.02 Å². The Morgan fingerprint density at radius 3 is 2.83 bits per heavy atom. The number of aliphatic hydroxyl groups excluding tert-OH is 1. The molecule has 98 valence electrons. The maximum absolute atomic E-state index is 8.95. The second kappa shape index (κ2) is 5.74. The third-order valence-corrected chi connectivity index (χ3v) is 3.62. The Balaban J connectivity index is 2.53. The van der Waals surface area contributed by atoms with Crippen molar-refractivity contribution in [1.29, 1.82) is 0 Å². The minimum absolute atomic E-state index is 0.200. The number of nitrogens with two attached hydrogens (primary N) is 1. The Labute approximate surface area is 112 Å². The number of fused-ring (bicyclic) bond motifs is 1. The molecule has 0 unspecified atom stereocenters. The average molecular weight is 267 g/mol. The van der Waals surface area contributed by atoms with Crippen LogP contribution in [0.1, 0.15) is 17.5 Å². The summed E-state index contributed by atoms with van der Waals surface area (Å²) in [6.45, 7) is 3.66. The van der Waals surface area contributed by atoms with Gasteiger partial charge in [0, 0.05) is 35.3 Å². The van der Waals surface area contributed by atoms with Crippen LogP contribution in [0.4, 0.5) is 0 Å². The molecule has 0 amide bonds. The van der Waals surface area contributed by atoms with E-state index in [9.17, 15) is 0 Å². The molecule has 3 N–H and O–H groups in total. The van der Waals surface area contributed by atoms with E-state index in [0.29, 0.717) is 6.54 Å². The number of nitrogens with zero attached hydrogens (tertiary/aromatic N) is 1. The van der Waals surface area contributed by atoms with Gasteiger partial charge in [0.15, 0.2) is 0 Å². The van der Waals surface area contributed by atoms with E-state index in [0.717, 1.165) is 35.5 Å². The second-order valence-corrected chi connectivity index (χ2v) is 4.99. The number of hydrogen-bond donors (Lipinski definition) is 2. The first-order chi connectivity index (χ1) is 8.67. The van der Waals surface area contributed by atoms with Gasteiger partial charge in [-0.25, -0.2) is 0 Å². The Bertz CT molecular complexity index is 548. The number of aryl methyl sites for hydroxylation is 2. The van der Waals surface area contributed by atoms with Gasteiger partial charge >= 0.3 is 0 Å². The van der Waals surface area contributed by atoms with Crippen molar-refractivity contribution >= 4 is 22.5 Å². The summed E-state index contributed by atoms with van der Waals surface area (Å²) in [5.74, 6) is 0. The molecule has 0 fully saturated rings. The zero-order valence-corrected chi connectivity index (χ0v) is 11.4. The highest BCUT2D eigenvalue weighted by Crippen LogP contribution is 2.28. The van der Waals surface area contributed by atoms with Crippen molar-refractivity contribution in [3.8, 4) is 0 Å². The highest BCUT2D eigenvalue weighted by Gasteiger charge is 2.10. The van der Waals surface area contributed by atoms with Crippen LogP contribution < -0.4 is 5.73 Å². The molecule has 2 aromatic rings. The van der Waals surface area contributed by atoms with E-state index in [-0.39, 0.29) is 6.61 Å². The van der Waals surface area contributed by atoms with Gasteiger partial charge in [-0.05, 0) is 49.6 Å². The van der Waals surface area contributed by atoms with E-state index in [1.807, 2.05) is 13.0 Å². The molecule has 0 atom stereocenters. The summed E-state index contributed by atoms with van der Waals surface area (Å²) in [6.07, 6.45) is 3.74. The van der Waals surface area contributed by atoms with Gasteiger partial charge in [0.05, 0.1) is 0 Å². The predicted molar refractivity (Wildman–Crippen MR) is 76.1 cm³/mol. The Morgan fingerprint density at radius 2 is 2.17 bits per heavy atom. The van der Waals surface area contributed by atoms with Crippen molar-refractivity contribution in [3.63, 3.8) is 0 Å². The SMILES string of the molecule is Cc1cc2c(CCN)cn(CCCO)c2cc1Cl. The van der Waals surface area contributed by atoms with Crippen molar-refractivity contribution in [2.24, 2.45) is 5.73 Å². The summed E-state index contributed by atoms with van der Waals surface area (Å²) >= 11 is 6.19. The molecule has 1 aromatic carbocycles. The molecule has 0 bridgehead atoms. The Hall–Kier alpha value is -1.03. The predicted octanol–water partition coefficient (Wildman–Crippen LogP) is 2.49. The highest BCUT2D eigenvalue weighted by molar-refractivity contribution is 6.32. The van der Waals surface area contributed by atoms with E-state index in [2.05, 4.69) is 16.8 Å². The zero-order chi connectivity index (χ0) is 13.1. The molecule has 1 heterocycles. The molecule has 0 saturated carbocycles. The van der Waals surface area contributed by atoms with Gasteiger partial charge in [-0.1, -0.05) is 11.6 Å². The van der Waals surface area contributed by atoms with Crippen molar-refractivity contribution in [1.82, 2.24) is 4.57 Å². The van der Waals surface area contributed by atoms with E-state index in [1.165, 1.54) is 10.9 Å². The summed E-state index contributed by atoms with van der Waals surface area (Å²) in [5, 5.41) is 11.0. The number of halogens is 1. The third-order valence-electron chi connectivity index (χ3n) is 3.21. The van der Waals surface area contributed by atoms with Gasteiger partial charge in [-0.2, -0.15) is 0 Å². The van der Waals surface area contributed by atoms with Crippen molar-refractivity contribution < 1.29 is 5.11 Å². The molecule has 0 aliphatic rings. The number of benzene rings is 1. The molecule has 0 radical (unpaired) electrons. The fraction of sp³-hybridized carbons (Fsp3) is 0.429. The highest BCUT2D eigenvalue weighted by atomic mass is 35.5. The normalized spacial score (nSPS) is 11.3. The maximum atomic E-state index is 8.95. The first kappa shape index (κ1) is 13.4. The molecule has 2 rings (SSSR count). The number of aliphatic hydroxyl groups is 1. The van der Waals surface area contributed by atoms with Gasteiger partial charge in [0.2, 0.25) is 0 Å². The van der Waals surface area contributed by atoms with E-state index >= 15 is 0 Å². The standard InChI is InChI=1S/C14H19ClN2O/c1-10-7-12-11(3-4-16)9-17(5-2-6-18)14(12)8-13(10)15/h7-9,18H,2-6,16H2,1H3. The van der Waals surface area contributed by atoms with Crippen molar-refractivity contribution in [2.45, 2.75) is 26.3 Å².